The fourth-order valence-electron chi connectivity index (χ4n) is 1.44. The molecule has 0 aromatic heterocycles. The molecule has 1 aromatic carbocycles. The number of carbonyl (C=O) groups is 1. The Morgan fingerprint density at radius 1 is 1.53 bits per heavy atom. The molecule has 1 rings (SSSR count). The number of anilines is 2. The molecule has 1 aromatic rings. The highest BCUT2D eigenvalue weighted by molar-refractivity contribution is 5.94. The first kappa shape index (κ1) is 13.3. The van der Waals surface area contributed by atoms with E-state index in [4.69, 9.17) is 11.5 Å². The van der Waals surface area contributed by atoms with E-state index >= 15 is 0 Å². The normalized spacial score (nSPS) is 12.1. The number of carbonyl (C=O) groups excluding carboxylic acids is 1. The Balaban J connectivity index is 2.63. The minimum atomic E-state index is -0.485. The fraction of sp³-hybridized carbons (Fsp3) is 0.417. The van der Waals surface area contributed by atoms with Gasteiger partial charge < -0.3 is 21.9 Å². The van der Waals surface area contributed by atoms with Crippen LogP contribution < -0.4 is 16.8 Å². The number of aliphatic hydroxyl groups excluding tert-OH is 1. The van der Waals surface area contributed by atoms with Gasteiger partial charge in [-0.1, -0.05) is 6.92 Å². The van der Waals surface area contributed by atoms with Gasteiger partial charge in [0.2, 0.25) is 5.91 Å². The predicted octanol–water partition coefficient (Wildman–Crippen LogP) is 0.941. The van der Waals surface area contributed by atoms with E-state index in [-0.39, 0.29) is 6.10 Å². The van der Waals surface area contributed by atoms with E-state index < -0.39 is 5.91 Å². The van der Waals surface area contributed by atoms with Crippen LogP contribution in [0.1, 0.15) is 30.1 Å². The van der Waals surface area contributed by atoms with Crippen LogP contribution in [0.15, 0.2) is 18.2 Å². The fourth-order valence-corrected chi connectivity index (χ4v) is 1.44. The van der Waals surface area contributed by atoms with Crippen LogP contribution in [-0.2, 0) is 0 Å². The lowest BCUT2D eigenvalue weighted by molar-refractivity contribution is 0.100. The van der Waals surface area contributed by atoms with E-state index in [0.717, 1.165) is 6.42 Å². The highest BCUT2D eigenvalue weighted by Crippen LogP contribution is 2.19. The monoisotopic (exact) mass is 237 g/mol. The van der Waals surface area contributed by atoms with Gasteiger partial charge in [0.05, 0.1) is 17.5 Å². The summed E-state index contributed by atoms with van der Waals surface area (Å²) >= 11 is 0. The third-order valence-electron chi connectivity index (χ3n) is 2.60. The lowest BCUT2D eigenvalue weighted by Gasteiger charge is -2.12. The minimum absolute atomic E-state index is 0.317. The molecule has 0 spiro atoms. The van der Waals surface area contributed by atoms with Gasteiger partial charge in [0.1, 0.15) is 0 Å². The summed E-state index contributed by atoms with van der Waals surface area (Å²) in [4.78, 5) is 11.0. The van der Waals surface area contributed by atoms with Gasteiger partial charge in [0.25, 0.3) is 0 Å². The van der Waals surface area contributed by atoms with E-state index in [1.165, 1.54) is 0 Å². The van der Waals surface area contributed by atoms with Gasteiger partial charge in [-0.05, 0) is 31.0 Å². The smallest absolute Gasteiger partial charge is 0.248 e. The van der Waals surface area contributed by atoms with Crippen molar-refractivity contribution in [1.29, 1.82) is 0 Å². The number of benzene rings is 1. The van der Waals surface area contributed by atoms with E-state index in [2.05, 4.69) is 5.32 Å². The number of nitrogens with one attached hydrogen (secondary N) is 1. The van der Waals surface area contributed by atoms with Gasteiger partial charge in [-0.15, -0.1) is 0 Å². The first-order valence-electron chi connectivity index (χ1n) is 5.65. The van der Waals surface area contributed by atoms with Crippen molar-refractivity contribution in [1.82, 2.24) is 0 Å². The highest BCUT2D eigenvalue weighted by atomic mass is 16.3. The second-order valence-corrected chi connectivity index (χ2v) is 3.94. The SMILES string of the molecule is CCC(O)CCNc1cc(C(N)=O)ccc1N. The quantitative estimate of drug-likeness (QED) is 0.553. The van der Waals surface area contributed by atoms with Crippen LogP contribution in [0.25, 0.3) is 0 Å². The molecule has 1 atom stereocenters. The molecule has 1 unspecified atom stereocenters. The molecule has 1 amide bonds. The Labute approximate surface area is 101 Å². The van der Waals surface area contributed by atoms with E-state index in [1.807, 2.05) is 6.92 Å². The maximum absolute atomic E-state index is 11.0. The van der Waals surface area contributed by atoms with Crippen molar-refractivity contribution in [3.8, 4) is 0 Å². The summed E-state index contributed by atoms with van der Waals surface area (Å²) in [7, 11) is 0. The standard InChI is InChI=1S/C12H19N3O2/c1-2-9(16)5-6-15-11-7-8(12(14)17)3-4-10(11)13/h3-4,7,9,15-16H,2,5-6,13H2,1H3,(H2,14,17). The zero-order chi connectivity index (χ0) is 12.8. The molecule has 0 radical (unpaired) electrons. The molecule has 94 valence electrons. The van der Waals surface area contributed by atoms with Crippen LogP contribution in [0, 0.1) is 0 Å². The van der Waals surface area contributed by atoms with Crippen LogP contribution in [0.2, 0.25) is 0 Å². The van der Waals surface area contributed by atoms with Crippen molar-refractivity contribution >= 4 is 17.3 Å². The molecule has 5 nitrogen and oxygen atoms in total. The van der Waals surface area contributed by atoms with Crippen LogP contribution in [0.5, 0.6) is 0 Å². The zero-order valence-electron chi connectivity index (χ0n) is 9.94. The second kappa shape index (κ2) is 6.10. The van der Waals surface area contributed by atoms with Crippen molar-refractivity contribution in [2.45, 2.75) is 25.9 Å². The molecule has 5 heteroatoms. The van der Waals surface area contributed by atoms with E-state index in [0.29, 0.717) is 29.9 Å². The zero-order valence-corrected chi connectivity index (χ0v) is 9.94. The van der Waals surface area contributed by atoms with Crippen LogP contribution >= 0.6 is 0 Å². The van der Waals surface area contributed by atoms with Gasteiger partial charge in [-0.25, -0.2) is 0 Å². The summed E-state index contributed by atoms with van der Waals surface area (Å²) in [6.07, 6.45) is 1.04. The van der Waals surface area contributed by atoms with E-state index in [1.54, 1.807) is 18.2 Å². The summed E-state index contributed by atoms with van der Waals surface area (Å²) in [6, 6.07) is 4.85. The summed E-state index contributed by atoms with van der Waals surface area (Å²) in [6.45, 7) is 2.52. The van der Waals surface area contributed by atoms with Crippen molar-refractivity contribution in [2.24, 2.45) is 5.73 Å². The summed E-state index contributed by atoms with van der Waals surface area (Å²) in [5.41, 5.74) is 12.6. The molecular weight excluding hydrogens is 218 g/mol. The second-order valence-electron chi connectivity index (χ2n) is 3.94. The Hall–Kier alpha value is -1.75. The number of hydrogen-bond donors (Lipinski definition) is 4. The molecular formula is C12H19N3O2. The Kier molecular flexibility index (Phi) is 4.78. The molecule has 0 aliphatic rings. The number of aliphatic hydroxyl groups is 1. The van der Waals surface area contributed by atoms with Crippen molar-refractivity contribution in [3.05, 3.63) is 23.8 Å². The van der Waals surface area contributed by atoms with Crippen LogP contribution in [-0.4, -0.2) is 23.7 Å². The third kappa shape index (κ3) is 3.96. The number of hydrogen-bond acceptors (Lipinski definition) is 4. The lowest BCUT2D eigenvalue weighted by Crippen LogP contribution is -2.15. The number of nitrogens with two attached hydrogens (primary N) is 2. The molecule has 6 N–H and O–H groups in total. The number of nitrogen functional groups attached to an aromatic ring is 1. The Morgan fingerprint density at radius 2 is 2.24 bits per heavy atom. The Bertz CT molecular complexity index is 393. The molecule has 0 aliphatic heterocycles. The molecule has 0 heterocycles. The topological polar surface area (TPSA) is 101 Å². The summed E-state index contributed by atoms with van der Waals surface area (Å²) in [5.74, 6) is -0.485. The van der Waals surface area contributed by atoms with Crippen molar-refractivity contribution in [3.63, 3.8) is 0 Å². The van der Waals surface area contributed by atoms with Gasteiger partial charge in [-0.3, -0.25) is 4.79 Å². The largest absolute Gasteiger partial charge is 0.397 e. The molecule has 0 fully saturated rings. The number of primary amides is 1. The Morgan fingerprint density at radius 3 is 2.82 bits per heavy atom. The molecule has 0 saturated heterocycles. The van der Waals surface area contributed by atoms with Crippen molar-refractivity contribution < 1.29 is 9.90 Å². The first-order chi connectivity index (χ1) is 8.04. The summed E-state index contributed by atoms with van der Waals surface area (Å²) < 4.78 is 0. The van der Waals surface area contributed by atoms with E-state index in [9.17, 15) is 9.90 Å². The van der Waals surface area contributed by atoms with Gasteiger partial charge in [0, 0.05) is 12.1 Å². The minimum Gasteiger partial charge on any atom is -0.397 e. The molecule has 0 bridgehead atoms. The third-order valence-corrected chi connectivity index (χ3v) is 2.60. The highest BCUT2D eigenvalue weighted by Gasteiger charge is 2.05. The van der Waals surface area contributed by atoms with Crippen LogP contribution in [0.3, 0.4) is 0 Å². The van der Waals surface area contributed by atoms with Crippen molar-refractivity contribution in [2.75, 3.05) is 17.6 Å². The number of amides is 1. The average Bonchev–Trinajstić information content (AvgIpc) is 2.30. The average molecular weight is 237 g/mol. The molecule has 0 saturated carbocycles. The summed E-state index contributed by atoms with van der Waals surface area (Å²) in [5, 5.41) is 12.5. The van der Waals surface area contributed by atoms with Gasteiger partial charge in [0.15, 0.2) is 0 Å². The van der Waals surface area contributed by atoms with Gasteiger partial charge in [-0.2, -0.15) is 0 Å². The van der Waals surface area contributed by atoms with Crippen LogP contribution in [0.4, 0.5) is 11.4 Å². The lowest BCUT2D eigenvalue weighted by atomic mass is 10.1. The molecule has 0 aliphatic carbocycles. The maximum Gasteiger partial charge on any atom is 0.248 e. The predicted molar refractivity (Wildman–Crippen MR) is 68.8 cm³/mol. The van der Waals surface area contributed by atoms with Gasteiger partial charge >= 0.3 is 0 Å². The first-order valence-corrected chi connectivity index (χ1v) is 5.65. The maximum atomic E-state index is 11.0. The molecule has 17 heavy (non-hydrogen) atoms. The number of rotatable bonds is 6.